The molecule has 0 atom stereocenters. The number of hydrogen-bond acceptors (Lipinski definition) is 3. The number of para-hydroxylation sites is 1. The SMILES string of the molecule is CN1CC=C(C(=Nc2ccccc2F)O[Si](C)C)C1=O. The Kier molecular flexibility index (Phi) is 4.34. The van der Waals surface area contributed by atoms with Gasteiger partial charge in [-0.25, -0.2) is 9.38 Å². The topological polar surface area (TPSA) is 41.9 Å². The van der Waals surface area contributed by atoms with Crippen LogP contribution < -0.4 is 0 Å². The van der Waals surface area contributed by atoms with E-state index in [-0.39, 0.29) is 17.5 Å². The van der Waals surface area contributed by atoms with E-state index in [0.29, 0.717) is 12.1 Å². The van der Waals surface area contributed by atoms with E-state index in [1.165, 1.54) is 6.07 Å². The van der Waals surface area contributed by atoms with Gasteiger partial charge < -0.3 is 9.33 Å². The molecule has 1 aromatic rings. The molecule has 20 heavy (non-hydrogen) atoms. The Hall–Kier alpha value is -1.95. The minimum atomic E-state index is -1.11. The van der Waals surface area contributed by atoms with E-state index in [1.807, 2.05) is 13.1 Å². The average Bonchev–Trinajstić information content (AvgIpc) is 2.71. The molecule has 2 rings (SSSR count). The predicted molar refractivity (Wildman–Crippen MR) is 77.8 cm³/mol. The summed E-state index contributed by atoms with van der Waals surface area (Å²) in [5.74, 6) is -0.374. The van der Waals surface area contributed by atoms with Crippen molar-refractivity contribution in [2.24, 2.45) is 4.99 Å². The molecular formula is C14H16FN2O2Si. The molecule has 1 radical (unpaired) electrons. The van der Waals surface area contributed by atoms with Crippen molar-refractivity contribution in [3.8, 4) is 0 Å². The molecule has 105 valence electrons. The van der Waals surface area contributed by atoms with E-state index < -0.39 is 14.9 Å². The Bertz CT molecular complexity index is 584. The number of amides is 1. The van der Waals surface area contributed by atoms with Gasteiger partial charge in [0.25, 0.3) is 14.9 Å². The van der Waals surface area contributed by atoms with Crippen LogP contribution in [0, 0.1) is 5.82 Å². The molecule has 0 fully saturated rings. The lowest BCUT2D eigenvalue weighted by Gasteiger charge is -2.14. The second-order valence-corrected chi connectivity index (χ2v) is 6.70. The minimum Gasteiger partial charge on any atom is -0.529 e. The first-order valence-electron chi connectivity index (χ1n) is 6.26. The standard InChI is InChI=1S/C14H16FN2O2Si/c1-17-9-8-10(14(17)18)13(19-20(2)3)16-12-7-5-4-6-11(12)15/h4-8H,9H2,1-3H3. The molecule has 0 aliphatic carbocycles. The molecule has 1 aliphatic rings. The lowest BCUT2D eigenvalue weighted by molar-refractivity contribution is -0.123. The molecule has 0 N–H and O–H groups in total. The summed E-state index contributed by atoms with van der Waals surface area (Å²) in [6.45, 7) is 4.39. The molecule has 4 nitrogen and oxygen atoms in total. The number of carbonyl (C=O) groups is 1. The molecule has 1 heterocycles. The van der Waals surface area contributed by atoms with Gasteiger partial charge in [-0.15, -0.1) is 0 Å². The number of rotatable bonds is 3. The van der Waals surface area contributed by atoms with Gasteiger partial charge in [0.15, 0.2) is 0 Å². The number of likely N-dealkylation sites (N-methyl/N-ethyl adjacent to an activating group) is 1. The maximum absolute atomic E-state index is 13.7. The molecule has 1 aliphatic heterocycles. The van der Waals surface area contributed by atoms with Crippen molar-refractivity contribution in [3.05, 3.63) is 41.7 Å². The summed E-state index contributed by atoms with van der Waals surface area (Å²) in [7, 11) is 0.598. The second kappa shape index (κ2) is 6.00. The Morgan fingerprint density at radius 2 is 2.10 bits per heavy atom. The van der Waals surface area contributed by atoms with Gasteiger partial charge >= 0.3 is 0 Å². The molecular weight excluding hydrogens is 275 g/mol. The number of aliphatic imine (C=N–C) groups is 1. The summed E-state index contributed by atoms with van der Waals surface area (Å²) in [5.41, 5.74) is 0.580. The first-order valence-corrected chi connectivity index (χ1v) is 8.67. The maximum atomic E-state index is 13.7. The van der Waals surface area contributed by atoms with Crippen LogP contribution in [0.1, 0.15) is 0 Å². The van der Waals surface area contributed by atoms with Crippen molar-refractivity contribution in [2.75, 3.05) is 13.6 Å². The quantitative estimate of drug-likeness (QED) is 0.488. The number of carbonyl (C=O) groups excluding carboxylic acids is 1. The molecule has 0 saturated heterocycles. The third-order valence-corrected chi connectivity index (χ3v) is 3.35. The lowest BCUT2D eigenvalue weighted by atomic mass is 10.2. The first kappa shape index (κ1) is 14.5. The van der Waals surface area contributed by atoms with Crippen LogP contribution in [0.15, 0.2) is 40.9 Å². The summed E-state index contributed by atoms with van der Waals surface area (Å²) < 4.78 is 19.4. The fraction of sp³-hybridized carbons (Fsp3) is 0.286. The number of hydrogen-bond donors (Lipinski definition) is 0. The van der Waals surface area contributed by atoms with Crippen LogP contribution in [0.4, 0.5) is 10.1 Å². The summed E-state index contributed by atoms with van der Waals surface area (Å²) >= 11 is 0. The average molecular weight is 291 g/mol. The highest BCUT2D eigenvalue weighted by atomic mass is 28.3. The van der Waals surface area contributed by atoms with Crippen LogP contribution in [-0.2, 0) is 9.22 Å². The maximum Gasteiger partial charge on any atom is 0.276 e. The van der Waals surface area contributed by atoms with Gasteiger partial charge in [-0.05, 0) is 31.3 Å². The van der Waals surface area contributed by atoms with E-state index in [2.05, 4.69) is 4.99 Å². The lowest BCUT2D eigenvalue weighted by Crippen LogP contribution is -2.27. The summed E-state index contributed by atoms with van der Waals surface area (Å²) in [4.78, 5) is 17.8. The zero-order valence-electron chi connectivity index (χ0n) is 11.7. The van der Waals surface area contributed by atoms with E-state index in [9.17, 15) is 9.18 Å². The van der Waals surface area contributed by atoms with Gasteiger partial charge in [0.05, 0.1) is 5.57 Å². The number of nitrogens with zero attached hydrogens (tertiary/aromatic N) is 2. The smallest absolute Gasteiger partial charge is 0.276 e. The van der Waals surface area contributed by atoms with Crippen LogP contribution in [0.2, 0.25) is 13.1 Å². The van der Waals surface area contributed by atoms with Crippen molar-refractivity contribution >= 4 is 26.5 Å². The normalized spacial score (nSPS) is 15.8. The van der Waals surface area contributed by atoms with E-state index >= 15 is 0 Å². The van der Waals surface area contributed by atoms with Crippen molar-refractivity contribution in [3.63, 3.8) is 0 Å². The third kappa shape index (κ3) is 3.13. The van der Waals surface area contributed by atoms with Gasteiger partial charge in [-0.1, -0.05) is 12.1 Å². The highest BCUT2D eigenvalue weighted by Crippen LogP contribution is 2.21. The Morgan fingerprint density at radius 3 is 2.65 bits per heavy atom. The monoisotopic (exact) mass is 291 g/mol. The van der Waals surface area contributed by atoms with Gasteiger partial charge in [-0.2, -0.15) is 0 Å². The zero-order chi connectivity index (χ0) is 14.7. The van der Waals surface area contributed by atoms with Crippen LogP contribution >= 0.6 is 0 Å². The fourth-order valence-electron chi connectivity index (χ4n) is 1.77. The van der Waals surface area contributed by atoms with Gasteiger partial charge in [0.2, 0.25) is 5.90 Å². The molecule has 0 saturated carbocycles. The number of benzene rings is 1. The van der Waals surface area contributed by atoms with Crippen molar-refractivity contribution in [2.45, 2.75) is 13.1 Å². The largest absolute Gasteiger partial charge is 0.529 e. The highest BCUT2D eigenvalue weighted by Gasteiger charge is 2.27. The Morgan fingerprint density at radius 1 is 1.40 bits per heavy atom. The molecule has 1 amide bonds. The third-order valence-electron chi connectivity index (χ3n) is 2.75. The Balaban J connectivity index is 2.39. The molecule has 0 unspecified atom stereocenters. The number of halogens is 1. The summed E-state index contributed by atoms with van der Waals surface area (Å²) in [6, 6.07) is 6.18. The van der Waals surface area contributed by atoms with E-state index in [4.69, 9.17) is 4.43 Å². The zero-order valence-corrected chi connectivity index (χ0v) is 12.7. The summed E-state index contributed by atoms with van der Waals surface area (Å²) in [5, 5.41) is 0. The van der Waals surface area contributed by atoms with Gasteiger partial charge in [0, 0.05) is 13.6 Å². The molecule has 0 bridgehead atoms. The first-order chi connectivity index (χ1) is 9.49. The van der Waals surface area contributed by atoms with Gasteiger partial charge in [-0.3, -0.25) is 4.79 Å². The summed E-state index contributed by atoms with van der Waals surface area (Å²) in [6.07, 6.45) is 1.76. The molecule has 6 heteroatoms. The Labute approximate surface area is 119 Å². The van der Waals surface area contributed by atoms with Crippen LogP contribution in [0.5, 0.6) is 0 Å². The highest BCUT2D eigenvalue weighted by molar-refractivity contribution is 6.52. The minimum absolute atomic E-state index is 0.150. The van der Waals surface area contributed by atoms with Crippen LogP contribution in [0.25, 0.3) is 0 Å². The molecule has 0 spiro atoms. The van der Waals surface area contributed by atoms with Crippen molar-refractivity contribution in [1.29, 1.82) is 0 Å². The second-order valence-electron chi connectivity index (χ2n) is 4.68. The van der Waals surface area contributed by atoms with E-state index in [0.717, 1.165) is 0 Å². The fourth-order valence-corrected chi connectivity index (χ4v) is 2.31. The molecule has 1 aromatic carbocycles. The van der Waals surface area contributed by atoms with Crippen LogP contribution in [0.3, 0.4) is 0 Å². The van der Waals surface area contributed by atoms with Crippen molar-refractivity contribution in [1.82, 2.24) is 4.90 Å². The van der Waals surface area contributed by atoms with E-state index in [1.54, 1.807) is 36.2 Å². The predicted octanol–water partition coefficient (Wildman–Crippen LogP) is 2.52. The van der Waals surface area contributed by atoms with Gasteiger partial charge in [0.1, 0.15) is 11.5 Å². The van der Waals surface area contributed by atoms with Crippen LogP contribution in [-0.4, -0.2) is 39.3 Å². The molecule has 0 aromatic heterocycles. The van der Waals surface area contributed by atoms with Crippen molar-refractivity contribution < 1.29 is 13.6 Å².